The molecule has 1 heterocycles. The van der Waals surface area contributed by atoms with Crippen molar-refractivity contribution in [1.29, 1.82) is 0 Å². The molecule has 2 rings (SSSR count). The predicted molar refractivity (Wildman–Crippen MR) is 83.5 cm³/mol. The van der Waals surface area contributed by atoms with Crippen molar-refractivity contribution < 1.29 is 9.59 Å². The molecule has 0 spiro atoms. The van der Waals surface area contributed by atoms with Crippen molar-refractivity contribution in [3.63, 3.8) is 0 Å². The Balaban J connectivity index is 2.26. The van der Waals surface area contributed by atoms with Crippen LogP contribution in [0.5, 0.6) is 0 Å². The van der Waals surface area contributed by atoms with Gasteiger partial charge in [0.2, 0.25) is 5.91 Å². The third-order valence-corrected chi connectivity index (χ3v) is 3.73. The molecule has 1 N–H and O–H groups in total. The van der Waals surface area contributed by atoms with Gasteiger partial charge >= 0.3 is 0 Å². The number of carbonyl (C=O) groups excluding carboxylic acids is 2. The molecular formula is C16H23N3O2. The van der Waals surface area contributed by atoms with Crippen LogP contribution < -0.4 is 5.32 Å². The first kappa shape index (κ1) is 15.4. The van der Waals surface area contributed by atoms with Crippen LogP contribution in [-0.2, 0) is 4.79 Å². The Morgan fingerprint density at radius 2 is 2.10 bits per heavy atom. The summed E-state index contributed by atoms with van der Waals surface area (Å²) >= 11 is 0. The van der Waals surface area contributed by atoms with E-state index in [0.29, 0.717) is 18.7 Å². The molecule has 2 amide bonds. The Labute approximate surface area is 125 Å². The molecule has 5 heteroatoms. The largest absolute Gasteiger partial charge is 0.385 e. The third-order valence-electron chi connectivity index (χ3n) is 3.73. The highest BCUT2D eigenvalue weighted by molar-refractivity contribution is 6.01. The zero-order valence-electron chi connectivity index (χ0n) is 13.0. The first-order valence-electron chi connectivity index (χ1n) is 7.40. The van der Waals surface area contributed by atoms with Gasteiger partial charge < -0.3 is 15.1 Å². The average molecular weight is 289 g/mol. The Morgan fingerprint density at radius 1 is 1.33 bits per heavy atom. The second-order valence-corrected chi connectivity index (χ2v) is 5.47. The number of nitrogens with one attached hydrogen (secondary N) is 1. The third kappa shape index (κ3) is 3.54. The van der Waals surface area contributed by atoms with E-state index in [-0.39, 0.29) is 18.4 Å². The predicted octanol–water partition coefficient (Wildman–Crippen LogP) is 1.73. The minimum atomic E-state index is -0.0710. The van der Waals surface area contributed by atoms with Crippen LogP contribution >= 0.6 is 0 Å². The number of rotatable bonds is 3. The van der Waals surface area contributed by atoms with Gasteiger partial charge in [-0.3, -0.25) is 9.59 Å². The van der Waals surface area contributed by atoms with Gasteiger partial charge in [-0.2, -0.15) is 0 Å². The fourth-order valence-corrected chi connectivity index (χ4v) is 2.51. The molecule has 0 radical (unpaired) electrons. The minimum Gasteiger partial charge on any atom is -0.385 e. The molecule has 0 unspecified atom stereocenters. The fourth-order valence-electron chi connectivity index (χ4n) is 2.51. The number of anilines is 1. The van der Waals surface area contributed by atoms with Crippen molar-refractivity contribution in [2.24, 2.45) is 0 Å². The Hall–Kier alpha value is -2.04. The lowest BCUT2D eigenvalue weighted by molar-refractivity contribution is -0.129. The highest BCUT2D eigenvalue weighted by Crippen LogP contribution is 2.20. The van der Waals surface area contributed by atoms with E-state index in [0.717, 1.165) is 24.2 Å². The Kier molecular flexibility index (Phi) is 4.83. The molecule has 0 atom stereocenters. The fraction of sp³-hybridized carbons (Fsp3) is 0.500. The molecule has 0 aromatic heterocycles. The molecular weight excluding hydrogens is 266 g/mol. The van der Waals surface area contributed by atoms with Gasteiger partial charge in [0, 0.05) is 32.4 Å². The number of likely N-dealkylation sites (N-methyl/N-ethyl adjacent to an activating group) is 1. The van der Waals surface area contributed by atoms with Gasteiger partial charge in [0.15, 0.2) is 0 Å². The summed E-state index contributed by atoms with van der Waals surface area (Å²) in [5.41, 5.74) is 2.52. The molecule has 1 saturated heterocycles. The zero-order chi connectivity index (χ0) is 15.4. The molecule has 1 aliphatic heterocycles. The standard InChI is InChI=1S/C16H23N3O2/c1-4-17-14-7-6-12(2)10-13(14)16(21)19-9-5-8-18(3)15(20)11-19/h6-7,10,17H,4-5,8-9,11H2,1-3H3. The van der Waals surface area contributed by atoms with Gasteiger partial charge in [0.1, 0.15) is 6.54 Å². The summed E-state index contributed by atoms with van der Waals surface area (Å²) in [7, 11) is 1.78. The Bertz CT molecular complexity index is 542. The van der Waals surface area contributed by atoms with Crippen molar-refractivity contribution in [3.8, 4) is 0 Å². The molecule has 5 nitrogen and oxygen atoms in total. The van der Waals surface area contributed by atoms with Crippen LogP contribution in [0, 0.1) is 6.92 Å². The molecule has 0 saturated carbocycles. The number of aryl methyl sites for hydroxylation is 1. The maximum atomic E-state index is 12.8. The normalized spacial score (nSPS) is 15.9. The van der Waals surface area contributed by atoms with E-state index >= 15 is 0 Å². The smallest absolute Gasteiger partial charge is 0.256 e. The van der Waals surface area contributed by atoms with Crippen LogP contribution in [0.4, 0.5) is 5.69 Å². The Morgan fingerprint density at radius 3 is 2.81 bits per heavy atom. The second-order valence-electron chi connectivity index (χ2n) is 5.47. The number of hydrogen-bond acceptors (Lipinski definition) is 3. The van der Waals surface area contributed by atoms with Crippen LogP contribution in [0.25, 0.3) is 0 Å². The van der Waals surface area contributed by atoms with E-state index in [2.05, 4.69) is 5.32 Å². The summed E-state index contributed by atoms with van der Waals surface area (Å²) in [5, 5.41) is 3.22. The molecule has 114 valence electrons. The highest BCUT2D eigenvalue weighted by atomic mass is 16.2. The van der Waals surface area contributed by atoms with Crippen molar-refractivity contribution in [2.75, 3.05) is 38.5 Å². The minimum absolute atomic E-state index is 0.00139. The lowest BCUT2D eigenvalue weighted by Gasteiger charge is -2.22. The number of nitrogens with zero attached hydrogens (tertiary/aromatic N) is 2. The molecule has 1 aromatic carbocycles. The average Bonchev–Trinajstić information content (AvgIpc) is 2.62. The van der Waals surface area contributed by atoms with Crippen molar-refractivity contribution in [3.05, 3.63) is 29.3 Å². The lowest BCUT2D eigenvalue weighted by Crippen LogP contribution is -2.38. The molecule has 1 aliphatic rings. The number of hydrogen-bond donors (Lipinski definition) is 1. The SMILES string of the molecule is CCNc1ccc(C)cc1C(=O)N1CCCN(C)C(=O)C1. The van der Waals surface area contributed by atoms with Crippen LogP contribution in [0.2, 0.25) is 0 Å². The van der Waals surface area contributed by atoms with Crippen LogP contribution in [0.15, 0.2) is 18.2 Å². The molecule has 21 heavy (non-hydrogen) atoms. The monoisotopic (exact) mass is 289 g/mol. The quantitative estimate of drug-likeness (QED) is 0.922. The number of benzene rings is 1. The van der Waals surface area contributed by atoms with Gasteiger partial charge in [0.25, 0.3) is 5.91 Å². The summed E-state index contributed by atoms with van der Waals surface area (Å²) in [4.78, 5) is 28.1. The van der Waals surface area contributed by atoms with Crippen molar-refractivity contribution >= 4 is 17.5 Å². The number of amides is 2. The molecule has 1 aromatic rings. The molecule has 0 aliphatic carbocycles. The first-order valence-corrected chi connectivity index (χ1v) is 7.40. The van der Waals surface area contributed by atoms with Crippen molar-refractivity contribution in [2.45, 2.75) is 20.3 Å². The summed E-state index contributed by atoms with van der Waals surface area (Å²) < 4.78 is 0. The summed E-state index contributed by atoms with van der Waals surface area (Å²) in [5.74, 6) is -0.0724. The van der Waals surface area contributed by atoms with E-state index in [1.165, 1.54) is 0 Å². The van der Waals surface area contributed by atoms with Gasteiger partial charge in [-0.1, -0.05) is 11.6 Å². The first-order chi connectivity index (χ1) is 10.0. The highest BCUT2D eigenvalue weighted by Gasteiger charge is 2.25. The van der Waals surface area contributed by atoms with E-state index < -0.39 is 0 Å². The van der Waals surface area contributed by atoms with Crippen LogP contribution in [0.3, 0.4) is 0 Å². The van der Waals surface area contributed by atoms with E-state index in [4.69, 9.17) is 0 Å². The second kappa shape index (κ2) is 6.61. The van der Waals surface area contributed by atoms with Gasteiger partial charge in [0.05, 0.1) is 5.56 Å². The summed E-state index contributed by atoms with van der Waals surface area (Å²) in [6.45, 7) is 6.21. The summed E-state index contributed by atoms with van der Waals surface area (Å²) in [6, 6.07) is 5.80. The van der Waals surface area contributed by atoms with Gasteiger partial charge in [-0.15, -0.1) is 0 Å². The molecule has 1 fully saturated rings. The molecule has 0 bridgehead atoms. The lowest BCUT2D eigenvalue weighted by atomic mass is 10.1. The van der Waals surface area contributed by atoms with E-state index in [1.54, 1.807) is 16.8 Å². The van der Waals surface area contributed by atoms with Gasteiger partial charge in [-0.05, 0) is 32.4 Å². The van der Waals surface area contributed by atoms with Crippen molar-refractivity contribution in [1.82, 2.24) is 9.80 Å². The summed E-state index contributed by atoms with van der Waals surface area (Å²) in [6.07, 6.45) is 0.816. The maximum Gasteiger partial charge on any atom is 0.256 e. The zero-order valence-corrected chi connectivity index (χ0v) is 13.0. The topological polar surface area (TPSA) is 52.7 Å². The van der Waals surface area contributed by atoms with E-state index in [1.807, 2.05) is 32.0 Å². The van der Waals surface area contributed by atoms with E-state index in [9.17, 15) is 9.59 Å². The van der Waals surface area contributed by atoms with Crippen LogP contribution in [0.1, 0.15) is 29.3 Å². The maximum absolute atomic E-state index is 12.8. The van der Waals surface area contributed by atoms with Gasteiger partial charge in [-0.25, -0.2) is 0 Å². The van der Waals surface area contributed by atoms with Crippen LogP contribution in [-0.4, -0.2) is 54.8 Å². The number of carbonyl (C=O) groups is 2.